The number of carbonyl (C=O) groups is 2. The summed E-state index contributed by atoms with van der Waals surface area (Å²) in [5.41, 5.74) is 2.64. The van der Waals surface area contributed by atoms with Crippen LogP contribution in [-0.4, -0.2) is 43.0 Å². The summed E-state index contributed by atoms with van der Waals surface area (Å²) in [5.74, 6) is 0.107. The first-order chi connectivity index (χ1) is 13.1. The molecule has 0 spiro atoms. The van der Waals surface area contributed by atoms with Gasteiger partial charge in [0.25, 0.3) is 5.91 Å². The summed E-state index contributed by atoms with van der Waals surface area (Å²) in [4.78, 5) is 28.7. The van der Waals surface area contributed by atoms with Crippen molar-refractivity contribution in [2.75, 3.05) is 31.6 Å². The van der Waals surface area contributed by atoms with E-state index in [1.807, 2.05) is 42.2 Å². The van der Waals surface area contributed by atoms with Gasteiger partial charge in [-0.1, -0.05) is 36.8 Å². The smallest absolute Gasteiger partial charge is 0.257 e. The van der Waals surface area contributed by atoms with Crippen LogP contribution < -0.4 is 5.32 Å². The molecule has 1 aliphatic heterocycles. The van der Waals surface area contributed by atoms with E-state index in [0.717, 1.165) is 35.3 Å². The molecule has 1 aliphatic carbocycles. The molecular formula is C21H24N2O3S. The van der Waals surface area contributed by atoms with Gasteiger partial charge in [0.05, 0.1) is 18.8 Å². The van der Waals surface area contributed by atoms with Crippen LogP contribution in [0.25, 0.3) is 10.4 Å². The molecule has 0 atom stereocenters. The summed E-state index contributed by atoms with van der Waals surface area (Å²) < 4.78 is 5.38. The number of carbonyl (C=O) groups excluding carboxylic acids is 2. The lowest BCUT2D eigenvalue weighted by Crippen LogP contribution is -2.41. The summed E-state index contributed by atoms with van der Waals surface area (Å²) in [6.45, 7) is 4.27. The molecule has 2 amide bonds. The third kappa shape index (κ3) is 3.64. The molecule has 1 N–H and O–H groups in total. The molecule has 6 heteroatoms. The first kappa shape index (κ1) is 18.2. The van der Waals surface area contributed by atoms with Crippen molar-refractivity contribution < 1.29 is 14.3 Å². The number of hydrogen-bond donors (Lipinski definition) is 1. The van der Waals surface area contributed by atoms with Crippen molar-refractivity contribution in [3.05, 3.63) is 41.5 Å². The lowest BCUT2D eigenvalue weighted by molar-refractivity contribution is -0.122. The topological polar surface area (TPSA) is 58.6 Å². The minimum atomic E-state index is -0.0156. The lowest BCUT2D eigenvalue weighted by atomic mass is 9.85. The molecule has 1 saturated heterocycles. The number of rotatable bonds is 4. The first-order valence-electron chi connectivity index (χ1n) is 9.52. The van der Waals surface area contributed by atoms with Crippen LogP contribution in [0.4, 0.5) is 5.00 Å². The number of hydrogen-bond acceptors (Lipinski definition) is 4. The van der Waals surface area contributed by atoms with Crippen molar-refractivity contribution in [2.24, 2.45) is 5.92 Å². The molecule has 0 unspecified atom stereocenters. The van der Waals surface area contributed by atoms with E-state index in [1.165, 1.54) is 11.3 Å². The molecule has 0 bridgehead atoms. The highest BCUT2D eigenvalue weighted by atomic mass is 32.1. The van der Waals surface area contributed by atoms with E-state index in [-0.39, 0.29) is 17.7 Å². The zero-order valence-electron chi connectivity index (χ0n) is 15.5. The van der Waals surface area contributed by atoms with Gasteiger partial charge in [0.1, 0.15) is 5.00 Å². The number of amides is 2. The Morgan fingerprint density at radius 2 is 1.85 bits per heavy atom. The maximum atomic E-state index is 13.2. The van der Waals surface area contributed by atoms with E-state index >= 15 is 0 Å². The fourth-order valence-corrected chi connectivity index (χ4v) is 4.74. The third-order valence-corrected chi connectivity index (χ3v) is 6.66. The summed E-state index contributed by atoms with van der Waals surface area (Å²) in [6.07, 6.45) is 2.99. The van der Waals surface area contributed by atoms with E-state index in [4.69, 9.17) is 4.74 Å². The highest BCUT2D eigenvalue weighted by molar-refractivity contribution is 7.20. The van der Waals surface area contributed by atoms with Gasteiger partial charge < -0.3 is 15.0 Å². The van der Waals surface area contributed by atoms with E-state index in [9.17, 15) is 9.59 Å². The second kappa shape index (κ2) is 7.82. The minimum Gasteiger partial charge on any atom is -0.378 e. The van der Waals surface area contributed by atoms with Crippen molar-refractivity contribution >= 4 is 28.2 Å². The van der Waals surface area contributed by atoms with E-state index < -0.39 is 0 Å². The van der Waals surface area contributed by atoms with Crippen LogP contribution in [-0.2, 0) is 9.53 Å². The number of benzene rings is 1. The van der Waals surface area contributed by atoms with Crippen molar-refractivity contribution in [3.63, 3.8) is 0 Å². The van der Waals surface area contributed by atoms with Gasteiger partial charge in [-0.25, -0.2) is 0 Å². The molecule has 0 radical (unpaired) electrons. The van der Waals surface area contributed by atoms with E-state index in [2.05, 4.69) is 5.32 Å². The predicted octanol–water partition coefficient (Wildman–Crippen LogP) is 3.93. The molecule has 142 valence electrons. The average Bonchev–Trinajstić information content (AvgIpc) is 2.97. The molecule has 1 saturated carbocycles. The van der Waals surface area contributed by atoms with Crippen LogP contribution in [0.15, 0.2) is 30.3 Å². The van der Waals surface area contributed by atoms with Crippen molar-refractivity contribution in [3.8, 4) is 10.4 Å². The molecule has 2 aliphatic rings. The highest BCUT2D eigenvalue weighted by Gasteiger charge is 2.30. The summed E-state index contributed by atoms with van der Waals surface area (Å²) in [6, 6.07) is 10.0. The van der Waals surface area contributed by atoms with Gasteiger partial charge in [-0.3, -0.25) is 9.59 Å². The number of morpholine rings is 1. The van der Waals surface area contributed by atoms with Crippen LogP contribution in [0.3, 0.4) is 0 Å². The van der Waals surface area contributed by atoms with Gasteiger partial charge in [-0.05, 0) is 30.9 Å². The zero-order valence-corrected chi connectivity index (χ0v) is 16.3. The number of nitrogens with one attached hydrogen (secondary N) is 1. The SMILES string of the molecule is Cc1c(-c2ccccc2)sc(NC(=O)C2CCC2)c1C(=O)N1CCOCC1. The molecule has 5 nitrogen and oxygen atoms in total. The maximum Gasteiger partial charge on any atom is 0.257 e. The van der Waals surface area contributed by atoms with Crippen LogP contribution >= 0.6 is 11.3 Å². The number of thiophene rings is 1. The van der Waals surface area contributed by atoms with Crippen LogP contribution in [0.1, 0.15) is 35.2 Å². The highest BCUT2D eigenvalue weighted by Crippen LogP contribution is 2.41. The van der Waals surface area contributed by atoms with Gasteiger partial charge in [-0.15, -0.1) is 11.3 Å². The van der Waals surface area contributed by atoms with Crippen molar-refractivity contribution in [1.29, 1.82) is 0 Å². The summed E-state index contributed by atoms with van der Waals surface area (Å²) in [5, 5.41) is 3.74. The lowest BCUT2D eigenvalue weighted by Gasteiger charge is -2.28. The molecule has 27 heavy (non-hydrogen) atoms. The molecular weight excluding hydrogens is 360 g/mol. The third-order valence-electron chi connectivity index (χ3n) is 5.41. The number of anilines is 1. The predicted molar refractivity (Wildman–Crippen MR) is 107 cm³/mol. The van der Waals surface area contributed by atoms with Crippen LogP contribution in [0.2, 0.25) is 0 Å². The average molecular weight is 385 g/mol. The van der Waals surface area contributed by atoms with Gasteiger partial charge in [-0.2, -0.15) is 0 Å². The quantitative estimate of drug-likeness (QED) is 0.869. The molecule has 1 aromatic heterocycles. The van der Waals surface area contributed by atoms with Crippen LogP contribution in [0.5, 0.6) is 0 Å². The molecule has 1 aromatic carbocycles. The molecule has 2 aromatic rings. The standard InChI is InChI=1S/C21H24N2O3S/c1-14-17(21(25)23-10-12-26-13-11-23)20(22-19(24)16-8-5-9-16)27-18(14)15-6-3-2-4-7-15/h2-4,6-7,16H,5,8-13H2,1H3,(H,22,24). The van der Waals surface area contributed by atoms with Gasteiger partial charge in [0.2, 0.25) is 5.91 Å². The Balaban J connectivity index is 1.70. The Kier molecular flexibility index (Phi) is 5.27. The number of ether oxygens (including phenoxy) is 1. The van der Waals surface area contributed by atoms with E-state index in [0.29, 0.717) is 36.9 Å². The fraction of sp³-hybridized carbons (Fsp3) is 0.429. The molecule has 2 fully saturated rings. The monoisotopic (exact) mass is 384 g/mol. The minimum absolute atomic E-state index is 0.0156. The fourth-order valence-electron chi connectivity index (χ4n) is 3.53. The second-order valence-electron chi connectivity index (χ2n) is 7.15. The Bertz CT molecular complexity index is 837. The Morgan fingerprint density at radius 3 is 2.48 bits per heavy atom. The second-order valence-corrected chi connectivity index (χ2v) is 8.17. The zero-order chi connectivity index (χ0) is 18.8. The van der Waals surface area contributed by atoms with E-state index in [1.54, 1.807) is 0 Å². The molecule has 2 heterocycles. The van der Waals surface area contributed by atoms with Gasteiger partial charge in [0, 0.05) is 23.9 Å². The van der Waals surface area contributed by atoms with Crippen molar-refractivity contribution in [1.82, 2.24) is 4.90 Å². The Labute approximate surface area is 163 Å². The maximum absolute atomic E-state index is 13.2. The summed E-state index contributed by atoms with van der Waals surface area (Å²) in [7, 11) is 0. The number of nitrogens with zero attached hydrogens (tertiary/aromatic N) is 1. The van der Waals surface area contributed by atoms with Crippen LogP contribution in [0, 0.1) is 12.8 Å². The van der Waals surface area contributed by atoms with Gasteiger partial charge >= 0.3 is 0 Å². The van der Waals surface area contributed by atoms with Crippen molar-refractivity contribution in [2.45, 2.75) is 26.2 Å². The largest absolute Gasteiger partial charge is 0.378 e. The normalized spacial score (nSPS) is 17.4. The summed E-state index contributed by atoms with van der Waals surface area (Å²) >= 11 is 1.50. The first-order valence-corrected chi connectivity index (χ1v) is 10.3. The van der Waals surface area contributed by atoms with Gasteiger partial charge in [0.15, 0.2) is 0 Å². The Hall–Kier alpha value is -2.18. The Morgan fingerprint density at radius 1 is 1.15 bits per heavy atom. The molecule has 4 rings (SSSR count).